The van der Waals surface area contributed by atoms with Gasteiger partial charge >= 0.3 is 0 Å². The minimum atomic E-state index is 0.220. The molecule has 1 amide bonds. The predicted octanol–water partition coefficient (Wildman–Crippen LogP) is 3.62. The monoisotopic (exact) mass is 241 g/mol. The zero-order chi connectivity index (χ0) is 12.4. The summed E-state index contributed by atoms with van der Waals surface area (Å²) in [4.78, 5) is 12.2. The van der Waals surface area contributed by atoms with Crippen LogP contribution in [-0.2, 0) is 4.79 Å². The van der Waals surface area contributed by atoms with Crippen LogP contribution in [0.25, 0.3) is 0 Å². The minimum Gasteiger partial charge on any atom is -0.326 e. The molecule has 2 heteroatoms. The number of para-hydroxylation sites is 1. The van der Waals surface area contributed by atoms with Crippen LogP contribution in [0.4, 0.5) is 5.69 Å². The quantitative estimate of drug-likeness (QED) is 0.787. The Hall–Kier alpha value is -1.57. The van der Waals surface area contributed by atoms with Crippen LogP contribution in [0, 0.1) is 17.8 Å². The molecule has 1 fully saturated rings. The normalized spacial score (nSPS) is 29.9. The summed E-state index contributed by atoms with van der Waals surface area (Å²) in [5, 5.41) is 3.04. The number of carbonyl (C=O) groups excluding carboxylic acids is 1. The molecule has 0 spiro atoms. The molecule has 2 aliphatic carbocycles. The summed E-state index contributed by atoms with van der Waals surface area (Å²) in [5.41, 5.74) is 0.917. The first-order valence-electron chi connectivity index (χ1n) is 6.87. The molecule has 1 N–H and O–H groups in total. The fourth-order valence-corrected chi connectivity index (χ4v) is 3.18. The van der Waals surface area contributed by atoms with Crippen molar-refractivity contribution in [3.63, 3.8) is 0 Å². The van der Waals surface area contributed by atoms with Crippen molar-refractivity contribution in [2.24, 2.45) is 17.8 Å². The molecule has 0 bridgehead atoms. The molecule has 0 aliphatic heterocycles. The molecule has 0 radical (unpaired) electrons. The lowest BCUT2D eigenvalue weighted by Crippen LogP contribution is -2.15. The van der Waals surface area contributed by atoms with Gasteiger partial charge in [0.15, 0.2) is 0 Å². The third-order valence-electron chi connectivity index (χ3n) is 4.18. The van der Waals surface area contributed by atoms with Gasteiger partial charge in [-0.05, 0) is 49.7 Å². The summed E-state index contributed by atoms with van der Waals surface area (Å²) in [6.07, 6.45) is 9.15. The van der Waals surface area contributed by atoms with Gasteiger partial charge in [0.1, 0.15) is 0 Å². The molecule has 2 atom stereocenters. The zero-order valence-corrected chi connectivity index (χ0v) is 10.5. The van der Waals surface area contributed by atoms with Crippen LogP contribution in [0.1, 0.15) is 25.7 Å². The van der Waals surface area contributed by atoms with Crippen LogP contribution < -0.4 is 5.32 Å². The van der Waals surface area contributed by atoms with E-state index >= 15 is 0 Å². The van der Waals surface area contributed by atoms with Crippen LogP contribution >= 0.6 is 0 Å². The molecule has 0 saturated heterocycles. The number of allylic oxidation sites excluding steroid dienone is 2. The molecule has 2 aliphatic rings. The Balaban J connectivity index is 1.61. The molecule has 0 aromatic heterocycles. The van der Waals surface area contributed by atoms with Crippen molar-refractivity contribution in [2.75, 3.05) is 5.32 Å². The van der Waals surface area contributed by atoms with E-state index in [1.54, 1.807) is 0 Å². The summed E-state index contributed by atoms with van der Waals surface area (Å²) in [6, 6.07) is 9.77. The SMILES string of the molecule is O=C(Nc1ccccc1)C1[C@H]2CCC=CCC[C@H]12. The fourth-order valence-electron chi connectivity index (χ4n) is 3.18. The van der Waals surface area contributed by atoms with Gasteiger partial charge in [-0.1, -0.05) is 30.4 Å². The molecule has 1 aromatic carbocycles. The number of benzene rings is 1. The highest BCUT2D eigenvalue weighted by molar-refractivity contribution is 5.94. The molecule has 0 unspecified atom stereocenters. The zero-order valence-electron chi connectivity index (χ0n) is 10.5. The Morgan fingerprint density at radius 3 is 2.22 bits per heavy atom. The smallest absolute Gasteiger partial charge is 0.228 e. The lowest BCUT2D eigenvalue weighted by atomic mass is 10.1. The van der Waals surface area contributed by atoms with Crippen molar-refractivity contribution in [1.82, 2.24) is 0 Å². The Morgan fingerprint density at radius 1 is 1.00 bits per heavy atom. The number of amides is 1. The van der Waals surface area contributed by atoms with E-state index in [9.17, 15) is 4.79 Å². The van der Waals surface area contributed by atoms with Crippen molar-refractivity contribution < 1.29 is 4.79 Å². The Bertz CT molecular complexity index is 435. The number of rotatable bonds is 2. The second kappa shape index (κ2) is 4.97. The van der Waals surface area contributed by atoms with E-state index in [1.165, 1.54) is 12.8 Å². The van der Waals surface area contributed by atoms with Gasteiger partial charge in [0, 0.05) is 11.6 Å². The van der Waals surface area contributed by atoms with Gasteiger partial charge in [0.05, 0.1) is 0 Å². The Labute approximate surface area is 108 Å². The van der Waals surface area contributed by atoms with Crippen molar-refractivity contribution in [2.45, 2.75) is 25.7 Å². The topological polar surface area (TPSA) is 29.1 Å². The van der Waals surface area contributed by atoms with E-state index in [0.29, 0.717) is 11.8 Å². The van der Waals surface area contributed by atoms with Crippen molar-refractivity contribution in [1.29, 1.82) is 0 Å². The second-order valence-corrected chi connectivity index (χ2v) is 5.33. The second-order valence-electron chi connectivity index (χ2n) is 5.33. The number of nitrogens with one attached hydrogen (secondary N) is 1. The van der Waals surface area contributed by atoms with Gasteiger partial charge in [0.25, 0.3) is 0 Å². The van der Waals surface area contributed by atoms with E-state index < -0.39 is 0 Å². The summed E-state index contributed by atoms with van der Waals surface area (Å²) < 4.78 is 0. The van der Waals surface area contributed by atoms with Crippen LogP contribution in [-0.4, -0.2) is 5.91 Å². The maximum atomic E-state index is 12.2. The summed E-state index contributed by atoms with van der Waals surface area (Å²) >= 11 is 0. The van der Waals surface area contributed by atoms with E-state index in [0.717, 1.165) is 18.5 Å². The average molecular weight is 241 g/mol. The van der Waals surface area contributed by atoms with Crippen molar-refractivity contribution in [3.05, 3.63) is 42.5 Å². The van der Waals surface area contributed by atoms with Gasteiger partial charge in [0.2, 0.25) is 5.91 Å². The van der Waals surface area contributed by atoms with Crippen LogP contribution in [0.3, 0.4) is 0 Å². The molecule has 94 valence electrons. The van der Waals surface area contributed by atoms with Gasteiger partial charge in [-0.25, -0.2) is 0 Å². The Kier molecular flexibility index (Phi) is 3.18. The molecule has 1 aromatic rings. The minimum absolute atomic E-state index is 0.220. The third-order valence-corrected chi connectivity index (χ3v) is 4.18. The lowest BCUT2D eigenvalue weighted by molar-refractivity contribution is -0.117. The fraction of sp³-hybridized carbons (Fsp3) is 0.438. The van der Waals surface area contributed by atoms with Crippen LogP contribution in [0.2, 0.25) is 0 Å². The molecular formula is C16H19NO. The predicted molar refractivity (Wildman–Crippen MR) is 73.1 cm³/mol. The number of carbonyl (C=O) groups is 1. The van der Waals surface area contributed by atoms with E-state index in [1.807, 2.05) is 30.3 Å². The van der Waals surface area contributed by atoms with Gasteiger partial charge in [-0.15, -0.1) is 0 Å². The molecule has 18 heavy (non-hydrogen) atoms. The van der Waals surface area contributed by atoms with Gasteiger partial charge in [-0.2, -0.15) is 0 Å². The summed E-state index contributed by atoms with van der Waals surface area (Å²) in [5.74, 6) is 1.72. The first-order valence-corrected chi connectivity index (χ1v) is 6.87. The summed E-state index contributed by atoms with van der Waals surface area (Å²) in [7, 11) is 0. The molecule has 2 nitrogen and oxygen atoms in total. The highest BCUT2D eigenvalue weighted by Crippen LogP contribution is 2.53. The van der Waals surface area contributed by atoms with E-state index in [2.05, 4.69) is 17.5 Å². The van der Waals surface area contributed by atoms with Crippen LogP contribution in [0.5, 0.6) is 0 Å². The number of hydrogen-bond donors (Lipinski definition) is 1. The third kappa shape index (κ3) is 2.33. The maximum absolute atomic E-state index is 12.2. The van der Waals surface area contributed by atoms with E-state index in [-0.39, 0.29) is 11.8 Å². The highest BCUT2D eigenvalue weighted by atomic mass is 16.2. The first kappa shape index (κ1) is 11.5. The molecule has 3 rings (SSSR count). The van der Waals surface area contributed by atoms with Crippen molar-refractivity contribution >= 4 is 11.6 Å². The highest BCUT2D eigenvalue weighted by Gasteiger charge is 2.53. The van der Waals surface area contributed by atoms with Crippen molar-refractivity contribution in [3.8, 4) is 0 Å². The van der Waals surface area contributed by atoms with Gasteiger partial charge < -0.3 is 5.32 Å². The average Bonchev–Trinajstić information content (AvgIpc) is 3.02. The summed E-state index contributed by atoms with van der Waals surface area (Å²) in [6.45, 7) is 0. The largest absolute Gasteiger partial charge is 0.326 e. The first-order chi connectivity index (χ1) is 8.86. The standard InChI is InChI=1S/C16H19NO/c18-16(17-12-8-4-3-5-9-12)15-13-10-6-1-2-7-11-14(13)15/h1-5,8-9,13-15H,6-7,10-11H2,(H,17,18)/t13-,14-/m0/s1. The number of hydrogen-bond acceptors (Lipinski definition) is 1. The van der Waals surface area contributed by atoms with E-state index in [4.69, 9.17) is 0 Å². The molecular weight excluding hydrogens is 222 g/mol. The number of fused-ring (bicyclic) bond motifs is 1. The van der Waals surface area contributed by atoms with Crippen LogP contribution in [0.15, 0.2) is 42.5 Å². The Morgan fingerprint density at radius 2 is 1.61 bits per heavy atom. The molecule has 1 saturated carbocycles. The van der Waals surface area contributed by atoms with Gasteiger partial charge in [-0.3, -0.25) is 4.79 Å². The lowest BCUT2D eigenvalue weighted by Gasteiger charge is -2.04. The number of anilines is 1. The molecule has 0 heterocycles. The maximum Gasteiger partial charge on any atom is 0.228 e.